The Kier molecular flexibility index (Phi) is 10.5. The molecule has 178 valence electrons. The summed E-state index contributed by atoms with van der Waals surface area (Å²) in [7, 11) is -2.27. The van der Waals surface area contributed by atoms with Gasteiger partial charge in [0.1, 0.15) is 5.75 Å². The number of aliphatic hydroxyl groups is 1. The van der Waals surface area contributed by atoms with Crippen LogP contribution in [0.15, 0.2) is 53.4 Å². The lowest BCUT2D eigenvalue weighted by Gasteiger charge is -2.30. The Bertz CT molecular complexity index is 891. The molecular weight excluding hydrogens is 424 g/mol. The van der Waals surface area contributed by atoms with Crippen molar-refractivity contribution >= 4 is 15.7 Å². The molecule has 1 atom stereocenters. The second kappa shape index (κ2) is 12.8. The van der Waals surface area contributed by atoms with Crippen LogP contribution < -0.4 is 9.04 Å². The van der Waals surface area contributed by atoms with E-state index in [1.807, 2.05) is 6.92 Å². The molecule has 0 spiro atoms. The van der Waals surface area contributed by atoms with Gasteiger partial charge in [-0.15, -0.1) is 0 Å². The molecule has 2 aromatic carbocycles. The number of benzene rings is 2. The van der Waals surface area contributed by atoms with Crippen LogP contribution in [0.3, 0.4) is 0 Å². The second-order valence-electron chi connectivity index (χ2n) is 8.21. The summed E-state index contributed by atoms with van der Waals surface area (Å²) in [5, 5.41) is 10.9. The van der Waals surface area contributed by atoms with E-state index in [0.717, 1.165) is 44.3 Å². The number of methoxy groups -OCH3 is 1. The molecule has 0 saturated carbocycles. The molecule has 0 aliphatic carbocycles. The van der Waals surface area contributed by atoms with E-state index in [2.05, 4.69) is 18.7 Å². The second-order valence-corrected chi connectivity index (χ2v) is 10.1. The van der Waals surface area contributed by atoms with E-state index in [0.29, 0.717) is 18.0 Å². The van der Waals surface area contributed by atoms with E-state index in [1.54, 1.807) is 55.6 Å². The summed E-state index contributed by atoms with van der Waals surface area (Å²) in [5.74, 6) is 0.646. The average molecular weight is 463 g/mol. The van der Waals surface area contributed by atoms with E-state index < -0.39 is 16.1 Å². The number of rotatable bonds is 14. The van der Waals surface area contributed by atoms with Crippen LogP contribution in [0.1, 0.15) is 45.1 Å². The number of unbranched alkanes of at least 4 members (excludes halogenated alkanes) is 2. The van der Waals surface area contributed by atoms with Crippen LogP contribution in [0.2, 0.25) is 0 Å². The number of nitrogens with zero attached hydrogens (tertiary/aromatic N) is 2. The molecule has 1 N–H and O–H groups in total. The molecule has 32 heavy (non-hydrogen) atoms. The summed E-state index contributed by atoms with van der Waals surface area (Å²) in [5.41, 5.74) is 1.49. The van der Waals surface area contributed by atoms with Crippen molar-refractivity contribution in [2.24, 2.45) is 0 Å². The Morgan fingerprint density at radius 2 is 1.47 bits per heavy atom. The molecule has 2 aromatic rings. The van der Waals surface area contributed by atoms with Crippen molar-refractivity contribution in [3.8, 4) is 5.75 Å². The number of aryl methyl sites for hydroxylation is 1. The largest absolute Gasteiger partial charge is 0.497 e. The summed E-state index contributed by atoms with van der Waals surface area (Å²) in [6.45, 7) is 8.44. The molecule has 0 bridgehead atoms. The molecule has 7 heteroatoms. The van der Waals surface area contributed by atoms with Crippen molar-refractivity contribution in [3.05, 3.63) is 54.1 Å². The molecule has 0 aliphatic heterocycles. The first-order chi connectivity index (χ1) is 15.3. The lowest BCUT2D eigenvalue weighted by molar-refractivity contribution is 0.117. The van der Waals surface area contributed by atoms with Crippen LogP contribution in [-0.2, 0) is 10.0 Å². The molecule has 0 amide bonds. The van der Waals surface area contributed by atoms with Gasteiger partial charge in [0.15, 0.2) is 0 Å². The Morgan fingerprint density at radius 1 is 0.906 bits per heavy atom. The minimum atomic E-state index is -3.84. The van der Waals surface area contributed by atoms with Crippen LogP contribution in [0, 0.1) is 6.92 Å². The maximum absolute atomic E-state index is 13.5. The summed E-state index contributed by atoms with van der Waals surface area (Å²) < 4.78 is 33.6. The van der Waals surface area contributed by atoms with Gasteiger partial charge in [0.2, 0.25) is 0 Å². The Hall–Kier alpha value is -2.09. The quantitative estimate of drug-likeness (QED) is 0.449. The van der Waals surface area contributed by atoms with Gasteiger partial charge in [-0.05, 0) is 69.3 Å². The standard InChI is InChI=1S/C25H38N2O4S/c1-5-7-17-26(18-8-6-2)19-23(28)20-27(22-11-13-24(31-4)14-12-22)32(29,30)25-15-9-21(3)10-16-25/h9-16,23,28H,5-8,17-20H2,1-4H3/t23-/m1/s1. The SMILES string of the molecule is CCCCN(CCCC)C[C@@H](O)CN(c1ccc(OC)cc1)S(=O)(=O)c1ccc(C)cc1. The lowest BCUT2D eigenvalue weighted by Crippen LogP contribution is -2.43. The van der Waals surface area contributed by atoms with Crippen molar-refractivity contribution in [1.29, 1.82) is 0 Å². The fourth-order valence-electron chi connectivity index (χ4n) is 3.53. The van der Waals surface area contributed by atoms with E-state index in [-0.39, 0.29) is 11.4 Å². The molecule has 0 unspecified atom stereocenters. The normalized spacial score (nSPS) is 12.7. The van der Waals surface area contributed by atoms with Crippen LogP contribution >= 0.6 is 0 Å². The smallest absolute Gasteiger partial charge is 0.264 e. The van der Waals surface area contributed by atoms with Crippen molar-refractivity contribution in [1.82, 2.24) is 4.90 Å². The number of ether oxygens (including phenoxy) is 1. The predicted molar refractivity (Wildman–Crippen MR) is 131 cm³/mol. The number of hydrogen-bond donors (Lipinski definition) is 1. The third-order valence-electron chi connectivity index (χ3n) is 5.47. The highest BCUT2D eigenvalue weighted by atomic mass is 32.2. The highest BCUT2D eigenvalue weighted by molar-refractivity contribution is 7.92. The van der Waals surface area contributed by atoms with Crippen LogP contribution in [-0.4, -0.2) is 57.8 Å². The van der Waals surface area contributed by atoms with Gasteiger partial charge in [-0.2, -0.15) is 0 Å². The lowest BCUT2D eigenvalue weighted by atomic mass is 10.2. The van der Waals surface area contributed by atoms with Crippen molar-refractivity contribution in [3.63, 3.8) is 0 Å². The first-order valence-electron chi connectivity index (χ1n) is 11.5. The molecule has 0 aliphatic rings. The van der Waals surface area contributed by atoms with E-state index in [1.165, 1.54) is 4.31 Å². The summed E-state index contributed by atoms with van der Waals surface area (Å²) in [6.07, 6.45) is 3.46. The number of aliphatic hydroxyl groups excluding tert-OH is 1. The minimum absolute atomic E-state index is 0.0166. The number of sulfonamides is 1. The molecule has 6 nitrogen and oxygen atoms in total. The predicted octanol–water partition coefficient (Wildman–Crippen LogP) is 4.46. The molecule has 0 fully saturated rings. The van der Waals surface area contributed by atoms with Crippen molar-refractivity contribution in [2.75, 3.05) is 37.6 Å². The fourth-order valence-corrected chi connectivity index (χ4v) is 5.04. The van der Waals surface area contributed by atoms with Crippen molar-refractivity contribution in [2.45, 2.75) is 57.5 Å². The first kappa shape index (κ1) is 26.2. The number of anilines is 1. The molecule has 0 heterocycles. The van der Waals surface area contributed by atoms with Crippen LogP contribution in [0.5, 0.6) is 5.75 Å². The zero-order valence-electron chi connectivity index (χ0n) is 19.8. The Balaban J connectivity index is 2.30. The molecular formula is C25H38N2O4S. The Labute approximate surface area is 193 Å². The van der Waals surface area contributed by atoms with Gasteiger partial charge in [0.05, 0.1) is 30.3 Å². The number of hydrogen-bond acceptors (Lipinski definition) is 5. The van der Waals surface area contributed by atoms with E-state index in [4.69, 9.17) is 4.74 Å². The average Bonchev–Trinajstić information content (AvgIpc) is 2.79. The minimum Gasteiger partial charge on any atom is -0.497 e. The van der Waals surface area contributed by atoms with Gasteiger partial charge in [-0.1, -0.05) is 44.4 Å². The van der Waals surface area contributed by atoms with Gasteiger partial charge in [-0.3, -0.25) is 4.31 Å². The van der Waals surface area contributed by atoms with Crippen LogP contribution in [0.25, 0.3) is 0 Å². The van der Waals surface area contributed by atoms with Gasteiger partial charge in [-0.25, -0.2) is 8.42 Å². The summed E-state index contributed by atoms with van der Waals surface area (Å²) in [6, 6.07) is 13.7. The summed E-state index contributed by atoms with van der Waals surface area (Å²) >= 11 is 0. The maximum Gasteiger partial charge on any atom is 0.264 e. The zero-order valence-corrected chi connectivity index (χ0v) is 20.6. The molecule has 2 rings (SSSR count). The molecule has 0 radical (unpaired) electrons. The summed E-state index contributed by atoms with van der Waals surface area (Å²) in [4.78, 5) is 2.45. The topological polar surface area (TPSA) is 70.1 Å². The zero-order chi connectivity index (χ0) is 23.6. The first-order valence-corrected chi connectivity index (χ1v) is 12.9. The Morgan fingerprint density at radius 3 is 1.97 bits per heavy atom. The molecule has 0 aromatic heterocycles. The van der Waals surface area contributed by atoms with Crippen LogP contribution in [0.4, 0.5) is 5.69 Å². The fraction of sp³-hybridized carbons (Fsp3) is 0.520. The van der Waals surface area contributed by atoms with Gasteiger partial charge < -0.3 is 14.7 Å². The van der Waals surface area contributed by atoms with E-state index >= 15 is 0 Å². The van der Waals surface area contributed by atoms with Gasteiger partial charge in [0.25, 0.3) is 10.0 Å². The highest BCUT2D eigenvalue weighted by Crippen LogP contribution is 2.26. The monoisotopic (exact) mass is 462 g/mol. The maximum atomic E-state index is 13.5. The highest BCUT2D eigenvalue weighted by Gasteiger charge is 2.28. The van der Waals surface area contributed by atoms with E-state index in [9.17, 15) is 13.5 Å². The van der Waals surface area contributed by atoms with Gasteiger partial charge >= 0.3 is 0 Å². The third-order valence-corrected chi connectivity index (χ3v) is 7.28. The third kappa shape index (κ3) is 7.50. The van der Waals surface area contributed by atoms with Gasteiger partial charge in [0, 0.05) is 6.54 Å². The van der Waals surface area contributed by atoms with Crippen molar-refractivity contribution < 1.29 is 18.3 Å². The molecule has 0 saturated heterocycles.